The predicted octanol–water partition coefficient (Wildman–Crippen LogP) is 5.04. The van der Waals surface area contributed by atoms with E-state index in [2.05, 4.69) is 0 Å². The van der Waals surface area contributed by atoms with E-state index in [-0.39, 0.29) is 44.1 Å². The number of Topliss-reactive ketones (excluding diaryl/α,β-unsaturated/α-hetero) is 1. The Labute approximate surface area is 198 Å². The minimum Gasteiger partial charge on any atom is -0.508 e. The average Bonchev–Trinajstić information content (AvgIpc) is 3.04. The van der Waals surface area contributed by atoms with Crippen LogP contribution in [0.1, 0.15) is 17.2 Å². The molecule has 4 rings (SSSR count). The van der Waals surface area contributed by atoms with Crippen LogP contribution in [-0.4, -0.2) is 34.1 Å². The molecule has 1 heterocycles. The summed E-state index contributed by atoms with van der Waals surface area (Å²) in [6.45, 7) is 0. The molecule has 0 spiro atoms. The molecule has 0 aliphatic carbocycles. The molecular weight excluding hydrogens is 469 g/mol. The molecule has 168 valence electrons. The summed E-state index contributed by atoms with van der Waals surface area (Å²) >= 11 is 12.4. The van der Waals surface area contributed by atoms with Gasteiger partial charge in [0.15, 0.2) is 5.75 Å². The van der Waals surface area contributed by atoms with Gasteiger partial charge in [-0.25, -0.2) is 0 Å². The Balaban J connectivity index is 1.98. The highest BCUT2D eigenvalue weighted by Gasteiger charge is 2.47. The fourth-order valence-electron chi connectivity index (χ4n) is 3.77. The Morgan fingerprint density at radius 2 is 1.58 bits per heavy atom. The van der Waals surface area contributed by atoms with Gasteiger partial charge in [0.25, 0.3) is 11.7 Å². The maximum atomic E-state index is 13.1. The van der Waals surface area contributed by atoms with Crippen molar-refractivity contribution in [2.45, 2.75) is 6.04 Å². The number of aliphatic hydroxyl groups is 1. The molecule has 1 fully saturated rings. The van der Waals surface area contributed by atoms with E-state index in [0.29, 0.717) is 5.56 Å². The van der Waals surface area contributed by atoms with Crippen molar-refractivity contribution >= 4 is 46.3 Å². The summed E-state index contributed by atoms with van der Waals surface area (Å²) in [6, 6.07) is 13.5. The van der Waals surface area contributed by atoms with E-state index in [1.165, 1.54) is 55.6 Å². The number of aromatic hydroxyl groups is 2. The van der Waals surface area contributed by atoms with Gasteiger partial charge in [0.2, 0.25) is 0 Å². The normalized spacial score (nSPS) is 17.4. The number of phenols is 2. The van der Waals surface area contributed by atoms with Crippen LogP contribution in [0.25, 0.3) is 5.76 Å². The monoisotopic (exact) mass is 485 g/mol. The molecule has 1 unspecified atom stereocenters. The van der Waals surface area contributed by atoms with Crippen LogP contribution in [-0.2, 0) is 9.59 Å². The van der Waals surface area contributed by atoms with Gasteiger partial charge in [-0.15, -0.1) is 0 Å². The molecule has 7 nitrogen and oxygen atoms in total. The number of methoxy groups -OCH3 is 1. The Hall–Kier alpha value is -3.68. The van der Waals surface area contributed by atoms with Gasteiger partial charge in [-0.05, 0) is 42.0 Å². The molecule has 1 aliphatic heterocycles. The molecule has 1 saturated heterocycles. The average molecular weight is 486 g/mol. The van der Waals surface area contributed by atoms with E-state index in [0.717, 1.165) is 4.90 Å². The second-order valence-corrected chi connectivity index (χ2v) is 8.04. The van der Waals surface area contributed by atoms with Crippen molar-refractivity contribution in [2.75, 3.05) is 12.0 Å². The Kier molecular flexibility index (Phi) is 5.93. The van der Waals surface area contributed by atoms with E-state index >= 15 is 0 Å². The van der Waals surface area contributed by atoms with E-state index < -0.39 is 23.5 Å². The summed E-state index contributed by atoms with van der Waals surface area (Å²) in [7, 11) is 1.38. The standard InChI is InChI=1S/C24H17Cl2NO6/c1-33-23-15(25)10-13(11-16(23)26)21(30)19-20(12-6-8-14(28)9-7-12)27(24(32)22(19)31)17-4-2-3-5-18(17)29/h2-11,20,28-30H,1H3/b21-19+. The summed E-state index contributed by atoms with van der Waals surface area (Å²) < 4.78 is 5.12. The van der Waals surface area contributed by atoms with Crippen molar-refractivity contribution in [3.05, 3.63) is 87.4 Å². The van der Waals surface area contributed by atoms with Gasteiger partial charge in [0.05, 0.1) is 34.5 Å². The minimum absolute atomic E-state index is 0.0213. The van der Waals surface area contributed by atoms with E-state index in [1.54, 1.807) is 12.1 Å². The van der Waals surface area contributed by atoms with Crippen molar-refractivity contribution in [1.29, 1.82) is 0 Å². The van der Waals surface area contributed by atoms with Crippen molar-refractivity contribution in [3.8, 4) is 17.2 Å². The molecule has 1 aliphatic rings. The predicted molar refractivity (Wildman–Crippen MR) is 124 cm³/mol. The van der Waals surface area contributed by atoms with Gasteiger partial charge >= 0.3 is 0 Å². The highest BCUT2D eigenvalue weighted by molar-refractivity contribution is 6.52. The van der Waals surface area contributed by atoms with Gasteiger partial charge < -0.3 is 20.1 Å². The molecule has 0 aromatic heterocycles. The molecule has 9 heteroatoms. The molecule has 1 atom stereocenters. The van der Waals surface area contributed by atoms with Gasteiger partial charge in [-0.1, -0.05) is 47.5 Å². The number of halogens is 2. The summed E-state index contributed by atoms with van der Waals surface area (Å²) in [5.74, 6) is -2.46. The first-order valence-electron chi connectivity index (χ1n) is 9.66. The highest BCUT2D eigenvalue weighted by atomic mass is 35.5. The maximum Gasteiger partial charge on any atom is 0.300 e. The smallest absolute Gasteiger partial charge is 0.300 e. The van der Waals surface area contributed by atoms with Crippen LogP contribution in [0.2, 0.25) is 10.0 Å². The molecule has 33 heavy (non-hydrogen) atoms. The third-order valence-electron chi connectivity index (χ3n) is 5.27. The third kappa shape index (κ3) is 3.86. The largest absolute Gasteiger partial charge is 0.508 e. The number of ether oxygens (including phenoxy) is 1. The lowest BCUT2D eigenvalue weighted by Gasteiger charge is -2.26. The minimum atomic E-state index is -1.10. The van der Waals surface area contributed by atoms with Crippen molar-refractivity contribution < 1.29 is 29.6 Å². The second-order valence-electron chi connectivity index (χ2n) is 7.22. The molecule has 0 radical (unpaired) electrons. The number of carbonyl (C=O) groups is 2. The van der Waals surface area contributed by atoms with Gasteiger partial charge in [0.1, 0.15) is 17.3 Å². The molecule has 1 amide bonds. The molecule has 3 aromatic carbocycles. The number of phenolic OH excluding ortho intramolecular Hbond substituents is 2. The zero-order valence-electron chi connectivity index (χ0n) is 17.1. The first-order chi connectivity index (χ1) is 15.7. The highest BCUT2D eigenvalue weighted by Crippen LogP contribution is 2.45. The molecule has 3 aromatic rings. The summed E-state index contributed by atoms with van der Waals surface area (Å²) in [5, 5.41) is 31.4. The maximum absolute atomic E-state index is 13.1. The molecule has 0 saturated carbocycles. The molecule has 0 bridgehead atoms. The number of rotatable bonds is 4. The van der Waals surface area contributed by atoms with Crippen LogP contribution in [0.4, 0.5) is 5.69 Å². The zero-order chi connectivity index (χ0) is 23.9. The van der Waals surface area contributed by atoms with E-state index in [1.807, 2.05) is 0 Å². The molecule has 3 N–H and O–H groups in total. The number of para-hydroxylation sites is 2. The van der Waals surface area contributed by atoms with Crippen molar-refractivity contribution in [1.82, 2.24) is 0 Å². The summed E-state index contributed by atoms with van der Waals surface area (Å²) in [6.07, 6.45) is 0. The number of aliphatic hydroxyl groups excluding tert-OH is 1. The fourth-order valence-corrected chi connectivity index (χ4v) is 4.41. The fraction of sp³-hybridized carbons (Fsp3) is 0.0833. The Bertz CT molecular complexity index is 1280. The molecular formula is C24H17Cl2NO6. The number of anilines is 1. The summed E-state index contributed by atoms with van der Waals surface area (Å²) in [5.41, 5.74) is 0.376. The lowest BCUT2D eigenvalue weighted by molar-refractivity contribution is -0.132. The lowest BCUT2D eigenvalue weighted by atomic mass is 9.95. The Morgan fingerprint density at radius 3 is 2.15 bits per heavy atom. The van der Waals surface area contributed by atoms with Crippen LogP contribution in [0.3, 0.4) is 0 Å². The van der Waals surface area contributed by atoms with E-state index in [4.69, 9.17) is 27.9 Å². The van der Waals surface area contributed by atoms with Gasteiger partial charge in [0, 0.05) is 5.56 Å². The number of carbonyl (C=O) groups excluding carboxylic acids is 2. The van der Waals surface area contributed by atoms with Crippen LogP contribution in [0.15, 0.2) is 66.2 Å². The Morgan fingerprint density at radius 1 is 0.970 bits per heavy atom. The van der Waals surface area contributed by atoms with Crippen LogP contribution in [0, 0.1) is 0 Å². The van der Waals surface area contributed by atoms with Gasteiger partial charge in [-0.3, -0.25) is 14.5 Å². The second kappa shape index (κ2) is 8.69. The zero-order valence-corrected chi connectivity index (χ0v) is 18.6. The number of nitrogens with zero attached hydrogens (tertiary/aromatic N) is 1. The number of benzene rings is 3. The number of hydrogen-bond acceptors (Lipinski definition) is 6. The number of hydrogen-bond donors (Lipinski definition) is 3. The van der Waals surface area contributed by atoms with Crippen molar-refractivity contribution in [2.24, 2.45) is 0 Å². The number of ketones is 1. The van der Waals surface area contributed by atoms with Crippen molar-refractivity contribution in [3.63, 3.8) is 0 Å². The first kappa shape index (κ1) is 22.5. The topological polar surface area (TPSA) is 107 Å². The van der Waals surface area contributed by atoms with Crippen LogP contribution < -0.4 is 9.64 Å². The number of amides is 1. The van der Waals surface area contributed by atoms with E-state index in [9.17, 15) is 24.9 Å². The van der Waals surface area contributed by atoms with Crippen LogP contribution >= 0.6 is 23.2 Å². The summed E-state index contributed by atoms with van der Waals surface area (Å²) in [4.78, 5) is 27.3. The van der Waals surface area contributed by atoms with Crippen LogP contribution in [0.5, 0.6) is 17.2 Å². The first-order valence-corrected chi connectivity index (χ1v) is 10.4. The SMILES string of the molecule is COc1c(Cl)cc(/C(O)=C2\C(=O)C(=O)N(c3ccccc3O)C2c2ccc(O)cc2)cc1Cl. The van der Waals surface area contributed by atoms with Gasteiger partial charge in [-0.2, -0.15) is 0 Å². The quantitative estimate of drug-likeness (QED) is 0.271. The lowest BCUT2D eigenvalue weighted by Crippen LogP contribution is -2.29. The third-order valence-corrected chi connectivity index (χ3v) is 5.83.